The summed E-state index contributed by atoms with van der Waals surface area (Å²) in [5.74, 6) is -0.410. The topological polar surface area (TPSA) is 108 Å². The van der Waals surface area contributed by atoms with Crippen LogP contribution in [0.15, 0.2) is 36.4 Å². The molecule has 34 heavy (non-hydrogen) atoms. The normalized spacial score (nSPS) is 10.1. The van der Waals surface area contributed by atoms with Gasteiger partial charge in [-0.3, -0.25) is 0 Å². The molecule has 0 saturated heterocycles. The molecule has 2 rings (SSSR count). The third-order valence-electron chi connectivity index (χ3n) is 3.88. The fourth-order valence-corrected chi connectivity index (χ4v) is 2.88. The molecule has 2 aromatic carbocycles. The van der Waals surface area contributed by atoms with Crippen LogP contribution in [0.2, 0.25) is 10.0 Å². The predicted octanol–water partition coefficient (Wildman–Crippen LogP) is 5.62. The SMILES string of the molecule is CC(C)COC(=O)Cl.COC(=O)COc1ccc(Cl)cc1Cc1cc(Cl)ccc1OCC(=O)O. The van der Waals surface area contributed by atoms with E-state index in [-0.39, 0.29) is 6.61 Å². The van der Waals surface area contributed by atoms with Gasteiger partial charge in [-0.2, -0.15) is 0 Å². The second-order valence-corrected chi connectivity index (χ2v) is 8.35. The predicted molar refractivity (Wildman–Crippen MR) is 128 cm³/mol. The standard InChI is InChI=1S/C18H16Cl2O6.C5H9ClO2/c1-24-18(23)10-26-16-5-3-14(20)8-12(16)6-11-7-13(19)2-4-15(11)25-9-17(21)22;1-4(2)3-8-5(6)7/h2-5,7-8H,6,9-10H2,1H3,(H,21,22);4H,3H2,1-2H3. The molecule has 0 aliphatic carbocycles. The zero-order chi connectivity index (χ0) is 25.7. The lowest BCUT2D eigenvalue weighted by atomic mass is 10.0. The van der Waals surface area contributed by atoms with Gasteiger partial charge in [-0.15, -0.1) is 0 Å². The summed E-state index contributed by atoms with van der Waals surface area (Å²) in [6.07, 6.45) is 0.312. The number of halogens is 3. The first-order valence-corrected chi connectivity index (χ1v) is 11.1. The Morgan fingerprint density at radius 3 is 1.79 bits per heavy atom. The minimum absolute atomic E-state index is 0.247. The first-order valence-electron chi connectivity index (χ1n) is 9.95. The molecule has 0 atom stereocenters. The maximum atomic E-state index is 11.3. The number of hydrogen-bond acceptors (Lipinski definition) is 7. The van der Waals surface area contributed by atoms with E-state index in [0.29, 0.717) is 51.6 Å². The van der Waals surface area contributed by atoms with Crippen LogP contribution >= 0.6 is 34.8 Å². The van der Waals surface area contributed by atoms with E-state index in [1.54, 1.807) is 36.4 Å². The molecule has 0 unspecified atom stereocenters. The number of hydrogen-bond donors (Lipinski definition) is 1. The summed E-state index contributed by atoms with van der Waals surface area (Å²) in [6.45, 7) is 3.57. The lowest BCUT2D eigenvalue weighted by molar-refractivity contribution is -0.143. The summed E-state index contributed by atoms with van der Waals surface area (Å²) in [6, 6.07) is 9.84. The molecule has 0 aliphatic rings. The summed E-state index contributed by atoms with van der Waals surface area (Å²) in [5.41, 5.74) is 0.617. The summed E-state index contributed by atoms with van der Waals surface area (Å²) in [7, 11) is 1.27. The van der Waals surface area contributed by atoms with Gasteiger partial charge in [-0.25, -0.2) is 14.4 Å². The van der Waals surface area contributed by atoms with Gasteiger partial charge in [0.15, 0.2) is 13.2 Å². The van der Waals surface area contributed by atoms with Crippen molar-refractivity contribution in [1.82, 2.24) is 0 Å². The zero-order valence-corrected chi connectivity index (χ0v) is 21.1. The number of benzene rings is 2. The van der Waals surface area contributed by atoms with Crippen LogP contribution in [0.25, 0.3) is 0 Å². The van der Waals surface area contributed by atoms with E-state index in [2.05, 4.69) is 9.47 Å². The van der Waals surface area contributed by atoms with Crippen LogP contribution in [0.3, 0.4) is 0 Å². The van der Waals surface area contributed by atoms with Crippen LogP contribution in [0, 0.1) is 5.92 Å². The molecule has 0 aliphatic heterocycles. The molecule has 1 N–H and O–H groups in total. The summed E-state index contributed by atoms with van der Waals surface area (Å²) in [5, 5.41) is 9.76. The van der Waals surface area contributed by atoms with Crippen LogP contribution < -0.4 is 9.47 Å². The smallest absolute Gasteiger partial charge is 0.403 e. The molecule has 0 aromatic heterocycles. The molecule has 2 aromatic rings. The van der Waals surface area contributed by atoms with E-state index in [9.17, 15) is 14.4 Å². The first kappa shape index (κ1) is 29.4. The van der Waals surface area contributed by atoms with Crippen LogP contribution in [0.4, 0.5) is 4.79 Å². The molecule has 0 spiro atoms. The minimum atomic E-state index is -1.09. The van der Waals surface area contributed by atoms with E-state index in [1.807, 2.05) is 13.8 Å². The summed E-state index contributed by atoms with van der Waals surface area (Å²) in [4.78, 5) is 31.9. The van der Waals surface area contributed by atoms with E-state index >= 15 is 0 Å². The molecular formula is C23H25Cl3O8. The molecule has 11 heteroatoms. The summed E-state index contributed by atoms with van der Waals surface area (Å²) < 4.78 is 19.8. The molecule has 0 fully saturated rings. The number of ether oxygens (including phenoxy) is 4. The average Bonchev–Trinajstić information content (AvgIpc) is 2.76. The van der Waals surface area contributed by atoms with Gasteiger partial charge in [0.1, 0.15) is 11.5 Å². The number of carboxylic acid groups (broad SMARTS) is 1. The fraction of sp³-hybridized carbons (Fsp3) is 0.348. The number of methoxy groups -OCH3 is 1. The van der Waals surface area contributed by atoms with E-state index in [4.69, 9.17) is 49.4 Å². The molecule has 186 valence electrons. The van der Waals surface area contributed by atoms with Gasteiger partial charge in [0.2, 0.25) is 0 Å². The fourth-order valence-electron chi connectivity index (χ4n) is 2.43. The van der Waals surface area contributed by atoms with E-state index in [1.165, 1.54) is 7.11 Å². The highest BCUT2D eigenvalue weighted by atomic mass is 35.5. The van der Waals surface area contributed by atoms with Gasteiger partial charge in [-0.05, 0) is 42.3 Å². The van der Waals surface area contributed by atoms with Crippen molar-refractivity contribution in [3.8, 4) is 11.5 Å². The van der Waals surface area contributed by atoms with Crippen molar-refractivity contribution in [1.29, 1.82) is 0 Å². The molecule has 0 saturated carbocycles. The highest BCUT2D eigenvalue weighted by Crippen LogP contribution is 2.30. The second kappa shape index (κ2) is 15.3. The summed E-state index contributed by atoms with van der Waals surface area (Å²) >= 11 is 17.0. The highest BCUT2D eigenvalue weighted by molar-refractivity contribution is 6.61. The monoisotopic (exact) mass is 534 g/mol. The Hall–Kier alpha value is -2.68. The maximum Gasteiger partial charge on any atom is 0.403 e. The number of carbonyl (C=O) groups is 3. The highest BCUT2D eigenvalue weighted by Gasteiger charge is 2.13. The Kier molecular flexibility index (Phi) is 13.2. The average molecular weight is 536 g/mol. The maximum absolute atomic E-state index is 11.3. The second-order valence-electron chi connectivity index (χ2n) is 7.17. The lowest BCUT2D eigenvalue weighted by Crippen LogP contribution is -2.13. The molecule has 8 nitrogen and oxygen atoms in total. The van der Waals surface area contributed by atoms with Crippen LogP contribution in [0.1, 0.15) is 25.0 Å². The third kappa shape index (κ3) is 12.0. The zero-order valence-electron chi connectivity index (χ0n) is 18.8. The molecule has 0 bridgehead atoms. The van der Waals surface area contributed by atoms with Crippen molar-refractivity contribution in [2.24, 2.45) is 5.92 Å². The van der Waals surface area contributed by atoms with Crippen molar-refractivity contribution in [2.45, 2.75) is 20.3 Å². The van der Waals surface area contributed by atoms with Gasteiger partial charge >= 0.3 is 17.4 Å². The number of carboxylic acids is 1. The minimum Gasteiger partial charge on any atom is -0.482 e. The number of esters is 1. The molecular weight excluding hydrogens is 511 g/mol. The Bertz CT molecular complexity index is 979. The third-order valence-corrected chi connectivity index (χ3v) is 4.46. The number of rotatable bonds is 10. The Morgan fingerprint density at radius 2 is 1.41 bits per heavy atom. The van der Waals surface area contributed by atoms with Crippen molar-refractivity contribution in [2.75, 3.05) is 26.9 Å². The van der Waals surface area contributed by atoms with Gasteiger partial charge in [0.05, 0.1) is 13.7 Å². The van der Waals surface area contributed by atoms with Gasteiger partial charge < -0.3 is 24.1 Å². The first-order chi connectivity index (χ1) is 16.0. The Labute approximate surface area is 212 Å². The largest absolute Gasteiger partial charge is 0.482 e. The Morgan fingerprint density at radius 1 is 0.912 bits per heavy atom. The van der Waals surface area contributed by atoms with Gasteiger partial charge in [-0.1, -0.05) is 37.0 Å². The molecule has 0 amide bonds. The van der Waals surface area contributed by atoms with Gasteiger partial charge in [0.25, 0.3) is 0 Å². The molecule has 0 heterocycles. The van der Waals surface area contributed by atoms with Crippen molar-refractivity contribution < 1.29 is 38.4 Å². The van der Waals surface area contributed by atoms with Crippen molar-refractivity contribution >= 4 is 52.2 Å². The van der Waals surface area contributed by atoms with Gasteiger partial charge in [0, 0.05) is 39.2 Å². The van der Waals surface area contributed by atoms with E-state index < -0.39 is 24.0 Å². The lowest BCUT2D eigenvalue weighted by Gasteiger charge is -2.14. The number of aliphatic carboxylic acids is 1. The van der Waals surface area contributed by atoms with E-state index in [0.717, 1.165) is 0 Å². The van der Waals surface area contributed by atoms with Crippen molar-refractivity contribution in [3.05, 3.63) is 57.6 Å². The molecule has 0 radical (unpaired) electrons. The van der Waals surface area contributed by atoms with Crippen LogP contribution in [-0.2, 0) is 25.5 Å². The van der Waals surface area contributed by atoms with Crippen molar-refractivity contribution in [3.63, 3.8) is 0 Å². The Balaban J connectivity index is 0.000000620. The van der Waals surface area contributed by atoms with Crippen LogP contribution in [-0.4, -0.2) is 49.4 Å². The van der Waals surface area contributed by atoms with Crippen LogP contribution in [0.5, 0.6) is 11.5 Å². The number of carbonyl (C=O) groups excluding carboxylic acids is 2. The quantitative estimate of drug-likeness (QED) is 0.309.